The summed E-state index contributed by atoms with van der Waals surface area (Å²) in [4.78, 5) is 26.8. The molecule has 0 saturated heterocycles. The lowest BCUT2D eigenvalue weighted by Gasteiger charge is -2.18. The number of anilines is 1. The van der Waals surface area contributed by atoms with E-state index in [9.17, 15) is 9.59 Å². The Balaban J connectivity index is 1.82. The lowest BCUT2D eigenvalue weighted by Crippen LogP contribution is -2.35. The summed E-state index contributed by atoms with van der Waals surface area (Å²) in [5.74, 6) is 0.568. The predicted octanol–water partition coefficient (Wildman–Crippen LogP) is 4.54. The minimum atomic E-state index is -0.344. The number of hydrogen-bond acceptors (Lipinski definition) is 4. The van der Waals surface area contributed by atoms with Crippen molar-refractivity contribution in [3.63, 3.8) is 0 Å². The van der Waals surface area contributed by atoms with Crippen molar-refractivity contribution in [1.82, 2.24) is 14.7 Å². The van der Waals surface area contributed by atoms with Crippen molar-refractivity contribution in [3.8, 4) is 11.4 Å². The standard InChI is InChI=1S/C24H27ClN4O3/c1-24(2,3)20-14-21(29(27-20)16-10-12-17(32-5)13-11-16)26-22(30)15-28(4)23(31)18-8-6-7-9-19(18)25/h6-14H,15H2,1-5H3,(H,26,30). The van der Waals surface area contributed by atoms with Crippen LogP contribution in [0.5, 0.6) is 5.75 Å². The van der Waals surface area contributed by atoms with Crippen LogP contribution in [0.3, 0.4) is 0 Å². The number of nitrogens with zero attached hydrogens (tertiary/aromatic N) is 3. The molecule has 2 amide bonds. The van der Waals surface area contributed by atoms with E-state index in [1.807, 2.05) is 30.3 Å². The van der Waals surface area contributed by atoms with Crippen LogP contribution in [-0.2, 0) is 10.2 Å². The minimum absolute atomic E-state index is 0.136. The number of nitrogens with one attached hydrogen (secondary N) is 1. The minimum Gasteiger partial charge on any atom is -0.497 e. The molecule has 3 aromatic rings. The molecule has 8 heteroatoms. The normalized spacial score (nSPS) is 11.2. The first-order valence-corrected chi connectivity index (χ1v) is 10.5. The Labute approximate surface area is 192 Å². The van der Waals surface area contributed by atoms with Gasteiger partial charge in [-0.15, -0.1) is 0 Å². The number of carbonyl (C=O) groups excluding carboxylic acids is 2. The van der Waals surface area contributed by atoms with Gasteiger partial charge < -0.3 is 15.0 Å². The largest absolute Gasteiger partial charge is 0.497 e. The summed E-state index contributed by atoms with van der Waals surface area (Å²) < 4.78 is 6.90. The fourth-order valence-electron chi connectivity index (χ4n) is 3.07. The van der Waals surface area contributed by atoms with Gasteiger partial charge in [-0.25, -0.2) is 4.68 Å². The lowest BCUT2D eigenvalue weighted by molar-refractivity contribution is -0.116. The maximum absolute atomic E-state index is 12.8. The highest BCUT2D eigenvalue weighted by atomic mass is 35.5. The second-order valence-electron chi connectivity index (χ2n) is 8.46. The van der Waals surface area contributed by atoms with Crippen molar-refractivity contribution in [2.45, 2.75) is 26.2 Å². The Morgan fingerprint density at radius 3 is 2.38 bits per heavy atom. The number of amides is 2. The molecule has 0 fully saturated rings. The third-order valence-corrected chi connectivity index (χ3v) is 5.22. The molecular formula is C24H27ClN4O3. The van der Waals surface area contributed by atoms with Crippen LogP contribution in [-0.4, -0.2) is 47.2 Å². The first-order chi connectivity index (χ1) is 15.1. The summed E-state index contributed by atoms with van der Waals surface area (Å²) in [7, 11) is 3.17. The van der Waals surface area contributed by atoms with Gasteiger partial charge in [0.15, 0.2) is 0 Å². The Hall–Kier alpha value is -3.32. The number of aromatic nitrogens is 2. The van der Waals surface area contributed by atoms with Gasteiger partial charge in [-0.2, -0.15) is 5.10 Å². The van der Waals surface area contributed by atoms with Gasteiger partial charge in [-0.1, -0.05) is 44.5 Å². The van der Waals surface area contributed by atoms with E-state index in [1.165, 1.54) is 4.90 Å². The molecule has 0 aliphatic carbocycles. The molecule has 1 heterocycles. The molecule has 0 aliphatic rings. The fraction of sp³-hybridized carbons (Fsp3) is 0.292. The van der Waals surface area contributed by atoms with Crippen LogP contribution in [0.2, 0.25) is 5.02 Å². The van der Waals surface area contributed by atoms with E-state index in [0.717, 1.165) is 17.1 Å². The highest BCUT2D eigenvalue weighted by molar-refractivity contribution is 6.33. The number of ether oxygens (including phenoxy) is 1. The third kappa shape index (κ3) is 5.29. The molecule has 0 aliphatic heterocycles. The maximum atomic E-state index is 12.8. The monoisotopic (exact) mass is 454 g/mol. The molecule has 0 bridgehead atoms. The van der Waals surface area contributed by atoms with Gasteiger partial charge in [0, 0.05) is 18.5 Å². The molecule has 0 saturated carbocycles. The van der Waals surface area contributed by atoms with E-state index < -0.39 is 0 Å². The highest BCUT2D eigenvalue weighted by Crippen LogP contribution is 2.27. The van der Waals surface area contributed by atoms with E-state index in [0.29, 0.717) is 16.4 Å². The van der Waals surface area contributed by atoms with Gasteiger partial charge in [0.1, 0.15) is 11.6 Å². The van der Waals surface area contributed by atoms with Gasteiger partial charge in [0.2, 0.25) is 5.91 Å². The van der Waals surface area contributed by atoms with Gasteiger partial charge in [0.05, 0.1) is 35.6 Å². The SMILES string of the molecule is COc1ccc(-n2nc(C(C)(C)C)cc2NC(=O)CN(C)C(=O)c2ccccc2Cl)cc1. The van der Waals surface area contributed by atoms with Gasteiger partial charge in [-0.05, 0) is 36.4 Å². The zero-order chi connectivity index (χ0) is 23.5. The van der Waals surface area contributed by atoms with Crippen LogP contribution in [0.4, 0.5) is 5.82 Å². The molecule has 1 N–H and O–H groups in total. The Morgan fingerprint density at radius 2 is 1.78 bits per heavy atom. The molecule has 0 unspecified atom stereocenters. The summed E-state index contributed by atoms with van der Waals surface area (Å²) in [6, 6.07) is 16.0. The zero-order valence-corrected chi connectivity index (χ0v) is 19.6. The smallest absolute Gasteiger partial charge is 0.255 e. The van der Waals surface area contributed by atoms with Crippen molar-refractivity contribution < 1.29 is 14.3 Å². The topological polar surface area (TPSA) is 76.5 Å². The van der Waals surface area contributed by atoms with Crippen LogP contribution >= 0.6 is 11.6 Å². The Kier molecular flexibility index (Phi) is 6.89. The zero-order valence-electron chi connectivity index (χ0n) is 18.8. The van der Waals surface area contributed by atoms with E-state index >= 15 is 0 Å². The molecule has 7 nitrogen and oxygen atoms in total. The molecule has 0 radical (unpaired) electrons. The molecular weight excluding hydrogens is 428 g/mol. The Bertz CT molecular complexity index is 1120. The fourth-order valence-corrected chi connectivity index (χ4v) is 3.28. The molecule has 32 heavy (non-hydrogen) atoms. The molecule has 0 spiro atoms. The van der Waals surface area contributed by atoms with Crippen molar-refractivity contribution in [3.05, 3.63) is 70.9 Å². The lowest BCUT2D eigenvalue weighted by atomic mass is 9.92. The van der Waals surface area contributed by atoms with Crippen LogP contribution < -0.4 is 10.1 Å². The van der Waals surface area contributed by atoms with E-state index in [-0.39, 0.29) is 23.8 Å². The van der Waals surface area contributed by atoms with Gasteiger partial charge in [-0.3, -0.25) is 9.59 Å². The van der Waals surface area contributed by atoms with Crippen molar-refractivity contribution in [2.75, 3.05) is 26.0 Å². The summed E-state index contributed by atoms with van der Waals surface area (Å²) in [6.45, 7) is 6.02. The number of carbonyl (C=O) groups is 2. The number of halogens is 1. The van der Waals surface area contributed by atoms with Gasteiger partial charge >= 0.3 is 0 Å². The number of hydrogen-bond donors (Lipinski definition) is 1. The summed E-state index contributed by atoms with van der Waals surface area (Å²) >= 11 is 6.12. The number of likely N-dealkylation sites (N-methyl/N-ethyl adjacent to an activating group) is 1. The van der Waals surface area contributed by atoms with Crippen LogP contribution in [0, 0.1) is 0 Å². The number of rotatable bonds is 6. The van der Waals surface area contributed by atoms with Crippen LogP contribution in [0.25, 0.3) is 5.69 Å². The van der Waals surface area contributed by atoms with Crippen molar-refractivity contribution in [1.29, 1.82) is 0 Å². The first-order valence-electron chi connectivity index (χ1n) is 10.1. The summed E-state index contributed by atoms with van der Waals surface area (Å²) in [5, 5.41) is 7.93. The second-order valence-corrected chi connectivity index (χ2v) is 8.87. The van der Waals surface area contributed by atoms with Crippen LogP contribution in [0.15, 0.2) is 54.6 Å². The van der Waals surface area contributed by atoms with Crippen molar-refractivity contribution in [2.24, 2.45) is 0 Å². The molecule has 168 valence electrons. The molecule has 0 atom stereocenters. The van der Waals surface area contributed by atoms with E-state index in [2.05, 4.69) is 26.1 Å². The molecule has 2 aromatic carbocycles. The molecule has 3 rings (SSSR count). The average Bonchev–Trinajstić information content (AvgIpc) is 3.17. The first kappa shape index (κ1) is 23.3. The predicted molar refractivity (Wildman–Crippen MR) is 126 cm³/mol. The molecule has 1 aromatic heterocycles. The quantitative estimate of drug-likeness (QED) is 0.593. The van der Waals surface area contributed by atoms with Crippen LogP contribution in [0.1, 0.15) is 36.8 Å². The summed E-state index contributed by atoms with van der Waals surface area (Å²) in [6.07, 6.45) is 0. The van der Waals surface area contributed by atoms with E-state index in [4.69, 9.17) is 21.4 Å². The summed E-state index contributed by atoms with van der Waals surface area (Å²) in [5.41, 5.74) is 1.73. The number of benzene rings is 2. The van der Waals surface area contributed by atoms with Crippen molar-refractivity contribution >= 4 is 29.2 Å². The van der Waals surface area contributed by atoms with Gasteiger partial charge in [0.25, 0.3) is 5.91 Å². The third-order valence-electron chi connectivity index (χ3n) is 4.89. The Morgan fingerprint density at radius 1 is 1.12 bits per heavy atom. The number of methoxy groups -OCH3 is 1. The second kappa shape index (κ2) is 9.44. The highest BCUT2D eigenvalue weighted by Gasteiger charge is 2.23. The maximum Gasteiger partial charge on any atom is 0.255 e. The van der Waals surface area contributed by atoms with E-state index in [1.54, 1.807) is 43.1 Å². The average molecular weight is 455 g/mol.